The molecule has 1 N–H and O–H groups in total. The fraction of sp³-hybridized carbons (Fsp3) is 0.692. The molecule has 2 rings (SSSR count). The van der Waals surface area contributed by atoms with Gasteiger partial charge in [-0.2, -0.15) is 5.10 Å². The third-order valence-corrected chi connectivity index (χ3v) is 3.75. The van der Waals surface area contributed by atoms with Gasteiger partial charge in [0.1, 0.15) is 0 Å². The van der Waals surface area contributed by atoms with E-state index in [0.717, 1.165) is 50.8 Å². The molecule has 1 saturated heterocycles. The number of hydrogen-bond acceptors (Lipinski definition) is 3. The largest absolute Gasteiger partial charge is 0.363 e. The predicted octanol–water partition coefficient (Wildman–Crippen LogP) is 0.822. The molecule has 0 amide bonds. The van der Waals surface area contributed by atoms with Crippen LogP contribution in [0.3, 0.4) is 0 Å². The van der Waals surface area contributed by atoms with Crippen molar-refractivity contribution >= 4 is 17.3 Å². The number of thiocarbonyl (C=S) groups is 1. The lowest BCUT2D eigenvalue weighted by Gasteiger charge is -2.36. The molecule has 1 fully saturated rings. The van der Waals surface area contributed by atoms with Crippen LogP contribution in [0.2, 0.25) is 0 Å². The average Bonchev–Trinajstić information content (AvgIpc) is 2.82. The molecule has 1 aromatic heterocycles. The summed E-state index contributed by atoms with van der Waals surface area (Å²) in [6.07, 6.45) is 5.14. The maximum Gasteiger partial charge on any atom is 0.169 e. The fourth-order valence-corrected chi connectivity index (χ4v) is 2.55. The number of nitrogens with zero attached hydrogens (tertiary/aromatic N) is 4. The Kier molecular flexibility index (Phi) is 5.15. The molecule has 0 aliphatic carbocycles. The van der Waals surface area contributed by atoms with Crippen LogP contribution < -0.4 is 5.32 Å². The van der Waals surface area contributed by atoms with Crippen LogP contribution in [0.1, 0.15) is 18.9 Å². The van der Waals surface area contributed by atoms with Gasteiger partial charge in [-0.25, -0.2) is 0 Å². The van der Waals surface area contributed by atoms with Crippen LogP contribution in [0.25, 0.3) is 0 Å². The number of piperazine rings is 1. The molecule has 6 heteroatoms. The average molecular weight is 281 g/mol. The van der Waals surface area contributed by atoms with Gasteiger partial charge < -0.3 is 10.2 Å². The Morgan fingerprint density at radius 2 is 2.11 bits per heavy atom. The van der Waals surface area contributed by atoms with Gasteiger partial charge in [0.05, 0.1) is 6.20 Å². The number of aryl methyl sites for hydroxylation is 1. The van der Waals surface area contributed by atoms with Gasteiger partial charge in [-0.15, -0.1) is 0 Å². The second kappa shape index (κ2) is 6.86. The fourth-order valence-electron chi connectivity index (χ4n) is 2.26. The van der Waals surface area contributed by atoms with Crippen molar-refractivity contribution in [2.45, 2.75) is 19.9 Å². The normalized spacial score (nSPS) is 16.6. The third kappa shape index (κ3) is 4.18. The van der Waals surface area contributed by atoms with Crippen molar-refractivity contribution in [1.82, 2.24) is 24.9 Å². The van der Waals surface area contributed by atoms with Crippen LogP contribution in [0.15, 0.2) is 12.4 Å². The maximum absolute atomic E-state index is 5.39. The summed E-state index contributed by atoms with van der Waals surface area (Å²) in [5.74, 6) is 0. The first-order valence-corrected chi connectivity index (χ1v) is 7.32. The van der Waals surface area contributed by atoms with Crippen LogP contribution in [-0.4, -0.2) is 57.4 Å². The van der Waals surface area contributed by atoms with Gasteiger partial charge in [0, 0.05) is 58.1 Å². The quantitative estimate of drug-likeness (QED) is 0.827. The summed E-state index contributed by atoms with van der Waals surface area (Å²) < 4.78 is 1.86. The van der Waals surface area contributed by atoms with Gasteiger partial charge in [0.15, 0.2) is 5.11 Å². The lowest BCUT2D eigenvalue weighted by molar-refractivity contribution is 0.174. The van der Waals surface area contributed by atoms with E-state index in [1.54, 1.807) is 0 Å². The minimum Gasteiger partial charge on any atom is -0.363 e. The molecule has 0 radical (unpaired) electrons. The van der Waals surface area contributed by atoms with Crippen molar-refractivity contribution in [1.29, 1.82) is 0 Å². The van der Waals surface area contributed by atoms with E-state index < -0.39 is 0 Å². The molecule has 1 aromatic rings. The molecule has 0 spiro atoms. The van der Waals surface area contributed by atoms with Gasteiger partial charge in [0.25, 0.3) is 0 Å². The van der Waals surface area contributed by atoms with E-state index >= 15 is 0 Å². The highest BCUT2D eigenvalue weighted by atomic mass is 32.1. The third-order valence-electron chi connectivity index (χ3n) is 3.35. The second-order valence-electron chi connectivity index (χ2n) is 5.02. The molecule has 2 heterocycles. The molecular weight excluding hydrogens is 258 g/mol. The van der Waals surface area contributed by atoms with Crippen molar-refractivity contribution in [2.75, 3.05) is 32.7 Å². The van der Waals surface area contributed by atoms with Gasteiger partial charge >= 0.3 is 0 Å². The van der Waals surface area contributed by atoms with E-state index in [4.69, 9.17) is 12.2 Å². The van der Waals surface area contributed by atoms with E-state index in [1.807, 2.05) is 17.9 Å². The van der Waals surface area contributed by atoms with E-state index in [0.29, 0.717) is 0 Å². The molecule has 0 bridgehead atoms. The summed E-state index contributed by atoms with van der Waals surface area (Å²) in [5, 5.41) is 8.41. The molecule has 5 nitrogen and oxygen atoms in total. The number of nitrogens with one attached hydrogen (secondary N) is 1. The maximum atomic E-state index is 5.39. The highest BCUT2D eigenvalue weighted by Crippen LogP contribution is 2.07. The monoisotopic (exact) mass is 281 g/mol. The Labute approximate surface area is 120 Å². The first kappa shape index (κ1) is 14.3. The Morgan fingerprint density at radius 3 is 2.68 bits per heavy atom. The van der Waals surface area contributed by atoms with Crippen molar-refractivity contribution in [3.8, 4) is 0 Å². The summed E-state index contributed by atoms with van der Waals surface area (Å²) >= 11 is 5.39. The summed E-state index contributed by atoms with van der Waals surface area (Å²) in [6, 6.07) is 0. The first-order chi connectivity index (χ1) is 9.19. The summed E-state index contributed by atoms with van der Waals surface area (Å²) in [7, 11) is 1.96. The predicted molar refractivity (Wildman–Crippen MR) is 80.9 cm³/mol. The Balaban J connectivity index is 1.74. The molecule has 19 heavy (non-hydrogen) atoms. The lowest BCUT2D eigenvalue weighted by atomic mass is 10.2. The zero-order valence-electron chi connectivity index (χ0n) is 11.8. The zero-order valence-corrected chi connectivity index (χ0v) is 12.6. The van der Waals surface area contributed by atoms with Crippen LogP contribution in [0.5, 0.6) is 0 Å². The number of hydrogen-bond donors (Lipinski definition) is 1. The lowest BCUT2D eigenvalue weighted by Crippen LogP contribution is -2.51. The van der Waals surface area contributed by atoms with Crippen LogP contribution in [0.4, 0.5) is 0 Å². The van der Waals surface area contributed by atoms with E-state index in [1.165, 1.54) is 5.56 Å². The summed E-state index contributed by atoms with van der Waals surface area (Å²) in [4.78, 5) is 4.72. The topological polar surface area (TPSA) is 36.3 Å². The molecule has 106 valence electrons. The molecule has 0 aromatic carbocycles. The van der Waals surface area contributed by atoms with Crippen molar-refractivity contribution in [3.63, 3.8) is 0 Å². The van der Waals surface area contributed by atoms with Crippen molar-refractivity contribution < 1.29 is 0 Å². The molecule has 1 aliphatic heterocycles. The number of rotatable bonds is 4. The minimum atomic E-state index is 0.905. The van der Waals surface area contributed by atoms with Crippen molar-refractivity contribution in [2.24, 2.45) is 7.05 Å². The smallest absolute Gasteiger partial charge is 0.169 e. The standard InChI is InChI=1S/C13H23N5S/c1-3-4-14-13(19)18-7-5-17(6-8-18)11-12-9-15-16(2)10-12/h9-10H,3-8,11H2,1-2H3,(H,14,19). The highest BCUT2D eigenvalue weighted by molar-refractivity contribution is 7.80. The first-order valence-electron chi connectivity index (χ1n) is 6.91. The van der Waals surface area contributed by atoms with Gasteiger partial charge in [0.2, 0.25) is 0 Å². The second-order valence-corrected chi connectivity index (χ2v) is 5.40. The van der Waals surface area contributed by atoms with Crippen LogP contribution in [0, 0.1) is 0 Å². The molecule has 0 saturated carbocycles. The van der Waals surface area contributed by atoms with Crippen LogP contribution in [-0.2, 0) is 13.6 Å². The minimum absolute atomic E-state index is 0.905. The summed E-state index contributed by atoms with van der Waals surface area (Å²) in [6.45, 7) is 8.24. The van der Waals surface area contributed by atoms with Crippen molar-refractivity contribution in [3.05, 3.63) is 18.0 Å². The van der Waals surface area contributed by atoms with Gasteiger partial charge in [-0.1, -0.05) is 6.92 Å². The molecular formula is C13H23N5S. The van der Waals surface area contributed by atoms with Crippen LogP contribution >= 0.6 is 12.2 Å². The molecule has 0 unspecified atom stereocenters. The van der Waals surface area contributed by atoms with Gasteiger partial charge in [-0.3, -0.25) is 9.58 Å². The zero-order chi connectivity index (χ0) is 13.7. The SMILES string of the molecule is CCCNC(=S)N1CCN(Cc2cnn(C)c2)CC1. The number of aromatic nitrogens is 2. The Hall–Kier alpha value is -1.14. The molecule has 0 atom stereocenters. The summed E-state index contributed by atoms with van der Waals surface area (Å²) in [5.41, 5.74) is 1.28. The highest BCUT2D eigenvalue weighted by Gasteiger charge is 2.18. The van der Waals surface area contributed by atoms with Gasteiger partial charge in [-0.05, 0) is 18.6 Å². The Bertz CT molecular complexity index is 409. The van der Waals surface area contributed by atoms with E-state index in [2.05, 4.69) is 33.3 Å². The van der Waals surface area contributed by atoms with E-state index in [-0.39, 0.29) is 0 Å². The Morgan fingerprint density at radius 1 is 1.37 bits per heavy atom. The van der Waals surface area contributed by atoms with E-state index in [9.17, 15) is 0 Å². The molecule has 1 aliphatic rings.